The van der Waals surface area contributed by atoms with Crippen molar-refractivity contribution in [2.24, 2.45) is 10.7 Å². The van der Waals surface area contributed by atoms with Gasteiger partial charge in [-0.1, -0.05) is 32.8 Å². The number of aliphatic imine (C=N–C) groups is 1. The summed E-state index contributed by atoms with van der Waals surface area (Å²) in [6.07, 6.45) is 13.8. The second-order valence-electron chi connectivity index (χ2n) is 8.98. The maximum absolute atomic E-state index is 6.10. The van der Waals surface area contributed by atoms with Gasteiger partial charge in [0.2, 0.25) is 0 Å². The number of rotatable bonds is 5. The molecule has 1 saturated carbocycles. The van der Waals surface area contributed by atoms with Crippen LogP contribution in [0, 0.1) is 6.92 Å². The van der Waals surface area contributed by atoms with E-state index in [4.69, 9.17) is 10.7 Å². The first kappa shape index (κ1) is 21.1. The highest BCUT2D eigenvalue weighted by atomic mass is 15.4. The molecule has 1 atom stereocenters. The molecule has 2 aliphatic heterocycles. The van der Waals surface area contributed by atoms with Crippen LogP contribution < -0.4 is 5.73 Å². The molecule has 2 aromatic rings. The van der Waals surface area contributed by atoms with Crippen molar-refractivity contribution in [2.75, 3.05) is 0 Å². The summed E-state index contributed by atoms with van der Waals surface area (Å²) >= 11 is 0. The van der Waals surface area contributed by atoms with Crippen molar-refractivity contribution in [2.45, 2.75) is 84.3 Å². The van der Waals surface area contributed by atoms with Crippen molar-refractivity contribution >= 4 is 17.2 Å². The molecule has 1 fully saturated rings. The second-order valence-corrected chi connectivity index (χ2v) is 8.98. The Bertz CT molecular complexity index is 1100. The lowest BCUT2D eigenvalue weighted by Crippen LogP contribution is -2.47. The number of aromatic nitrogens is 4. The van der Waals surface area contributed by atoms with E-state index in [1.807, 2.05) is 19.3 Å². The van der Waals surface area contributed by atoms with E-state index >= 15 is 0 Å². The predicted molar refractivity (Wildman–Crippen MR) is 128 cm³/mol. The number of amidine groups is 1. The van der Waals surface area contributed by atoms with Crippen molar-refractivity contribution in [3.8, 4) is 0 Å². The molecule has 0 spiro atoms. The normalized spacial score (nSPS) is 21.2. The number of pyridine rings is 1. The van der Waals surface area contributed by atoms with Gasteiger partial charge < -0.3 is 10.6 Å². The third kappa shape index (κ3) is 3.30. The standard InChI is InChI=1S/C25H33N7/c1-4-17-10-11-22-24(28-23(17)20-12-13-27-15-18(20)14-26)32(19-8-6-7-9-19)21(5-2)25-30-29-16(3)31(22)25/h11-13,15,19,21H,4-10,14,26H2,1-3H3. The minimum atomic E-state index is 0.186. The van der Waals surface area contributed by atoms with Crippen LogP contribution in [0.3, 0.4) is 0 Å². The van der Waals surface area contributed by atoms with Crippen LogP contribution in [0.4, 0.5) is 0 Å². The van der Waals surface area contributed by atoms with Crippen LogP contribution in [0.25, 0.3) is 11.4 Å². The molecular formula is C25H33N7. The van der Waals surface area contributed by atoms with E-state index in [1.165, 1.54) is 31.3 Å². The molecule has 0 radical (unpaired) electrons. The van der Waals surface area contributed by atoms with E-state index in [1.54, 1.807) is 0 Å². The Morgan fingerprint density at radius 2 is 1.97 bits per heavy atom. The van der Waals surface area contributed by atoms with Gasteiger partial charge in [-0.05, 0) is 56.2 Å². The molecule has 2 aromatic heterocycles. The molecule has 0 amide bonds. The van der Waals surface area contributed by atoms with E-state index in [0.29, 0.717) is 12.6 Å². The monoisotopic (exact) mass is 431 g/mol. The first-order valence-corrected chi connectivity index (χ1v) is 12.0. The van der Waals surface area contributed by atoms with E-state index in [9.17, 15) is 0 Å². The fraction of sp³-hybridized carbons (Fsp3) is 0.520. The fourth-order valence-electron chi connectivity index (χ4n) is 5.57. The summed E-state index contributed by atoms with van der Waals surface area (Å²) in [5.74, 6) is 3.05. The molecule has 0 bridgehead atoms. The lowest BCUT2D eigenvalue weighted by molar-refractivity contribution is 0.218. The van der Waals surface area contributed by atoms with Crippen LogP contribution in [0.2, 0.25) is 0 Å². The molecule has 3 aliphatic rings. The summed E-state index contributed by atoms with van der Waals surface area (Å²) in [7, 11) is 0. The molecule has 5 rings (SSSR count). The van der Waals surface area contributed by atoms with Gasteiger partial charge in [-0.25, -0.2) is 4.99 Å². The maximum atomic E-state index is 6.10. The van der Waals surface area contributed by atoms with Crippen molar-refractivity contribution in [3.63, 3.8) is 0 Å². The van der Waals surface area contributed by atoms with Gasteiger partial charge in [0, 0.05) is 30.5 Å². The highest BCUT2D eigenvalue weighted by Crippen LogP contribution is 2.42. The van der Waals surface area contributed by atoms with Gasteiger partial charge in [0.1, 0.15) is 5.82 Å². The van der Waals surface area contributed by atoms with Gasteiger partial charge in [-0.3, -0.25) is 9.55 Å². The summed E-state index contributed by atoms with van der Waals surface area (Å²) < 4.78 is 2.24. The Balaban J connectivity index is 1.75. The van der Waals surface area contributed by atoms with Crippen LogP contribution in [0.5, 0.6) is 0 Å². The molecule has 0 aromatic carbocycles. The van der Waals surface area contributed by atoms with Crippen LogP contribution in [-0.2, 0) is 6.54 Å². The lowest BCUT2D eigenvalue weighted by Gasteiger charge is -2.42. The summed E-state index contributed by atoms with van der Waals surface area (Å²) in [6, 6.07) is 2.74. The molecular weight excluding hydrogens is 398 g/mol. The van der Waals surface area contributed by atoms with E-state index in [0.717, 1.165) is 59.3 Å². The van der Waals surface area contributed by atoms with Gasteiger partial charge in [-0.2, -0.15) is 0 Å². The summed E-state index contributed by atoms with van der Waals surface area (Å²) in [5, 5.41) is 9.11. The minimum Gasteiger partial charge on any atom is -0.342 e. The van der Waals surface area contributed by atoms with Gasteiger partial charge in [0.25, 0.3) is 0 Å². The summed E-state index contributed by atoms with van der Waals surface area (Å²) in [4.78, 5) is 12.3. The van der Waals surface area contributed by atoms with E-state index in [-0.39, 0.29) is 6.04 Å². The number of hydrogen-bond acceptors (Lipinski definition) is 6. The van der Waals surface area contributed by atoms with Crippen LogP contribution >= 0.6 is 0 Å². The third-order valence-corrected chi connectivity index (χ3v) is 7.20. The summed E-state index contributed by atoms with van der Waals surface area (Å²) in [5.41, 5.74) is 11.8. The number of nitrogens with zero attached hydrogens (tertiary/aromatic N) is 6. The quantitative estimate of drug-likeness (QED) is 0.747. The smallest absolute Gasteiger partial charge is 0.160 e. The van der Waals surface area contributed by atoms with Crippen LogP contribution in [-0.4, -0.2) is 36.5 Å². The van der Waals surface area contributed by atoms with Gasteiger partial charge >= 0.3 is 0 Å². The number of aryl methyl sites for hydroxylation is 1. The fourth-order valence-corrected chi connectivity index (χ4v) is 5.57. The van der Waals surface area contributed by atoms with Crippen molar-refractivity contribution in [3.05, 3.63) is 52.9 Å². The highest BCUT2D eigenvalue weighted by molar-refractivity contribution is 6.20. The van der Waals surface area contributed by atoms with Crippen molar-refractivity contribution < 1.29 is 0 Å². The maximum Gasteiger partial charge on any atom is 0.160 e. The Labute approximate surface area is 190 Å². The Kier molecular flexibility index (Phi) is 5.67. The number of fused-ring (bicyclic) bond motifs is 3. The molecule has 1 unspecified atom stereocenters. The Morgan fingerprint density at radius 1 is 1.16 bits per heavy atom. The third-order valence-electron chi connectivity index (χ3n) is 7.20. The SMILES string of the molecule is CCC1=C(c2ccncc2CN)N=C2C(=CC1)n1c(C)nnc1C(CC)N2C1CCCC1. The molecule has 168 valence electrons. The van der Waals surface area contributed by atoms with Gasteiger partial charge in [0.05, 0.1) is 17.4 Å². The predicted octanol–water partition coefficient (Wildman–Crippen LogP) is 4.61. The average Bonchev–Trinajstić information content (AvgIpc) is 3.44. The van der Waals surface area contributed by atoms with Gasteiger partial charge in [-0.15, -0.1) is 10.2 Å². The molecule has 1 aliphatic carbocycles. The van der Waals surface area contributed by atoms with Crippen LogP contribution in [0.15, 0.2) is 35.1 Å². The molecule has 2 N–H and O–H groups in total. The van der Waals surface area contributed by atoms with E-state index < -0.39 is 0 Å². The Hall–Kier alpha value is -2.80. The second kappa shape index (κ2) is 8.62. The van der Waals surface area contributed by atoms with Crippen LogP contribution in [0.1, 0.15) is 87.6 Å². The number of nitrogens with two attached hydrogens (primary N) is 1. The highest BCUT2D eigenvalue weighted by Gasteiger charge is 2.41. The largest absolute Gasteiger partial charge is 0.342 e. The van der Waals surface area contributed by atoms with Crippen molar-refractivity contribution in [1.82, 2.24) is 24.6 Å². The minimum absolute atomic E-state index is 0.186. The van der Waals surface area contributed by atoms with Gasteiger partial charge in [0.15, 0.2) is 11.7 Å². The first-order chi connectivity index (χ1) is 15.7. The molecule has 7 nitrogen and oxygen atoms in total. The zero-order valence-electron chi connectivity index (χ0n) is 19.4. The summed E-state index contributed by atoms with van der Waals surface area (Å²) in [6.45, 7) is 6.96. The van der Waals surface area contributed by atoms with Crippen molar-refractivity contribution in [1.29, 1.82) is 0 Å². The molecule has 0 saturated heterocycles. The number of hydrogen-bond donors (Lipinski definition) is 1. The molecule has 4 heterocycles. The zero-order valence-corrected chi connectivity index (χ0v) is 19.4. The van der Waals surface area contributed by atoms with E-state index in [2.05, 4.69) is 50.6 Å². The molecule has 7 heteroatoms. The Morgan fingerprint density at radius 3 is 2.69 bits per heavy atom. The first-order valence-electron chi connectivity index (χ1n) is 12.0. The zero-order chi connectivity index (χ0) is 22.2. The lowest BCUT2D eigenvalue weighted by atomic mass is 9.99. The topological polar surface area (TPSA) is 85.2 Å². The molecule has 32 heavy (non-hydrogen) atoms. The number of allylic oxidation sites excluding steroid dienone is 2. The average molecular weight is 432 g/mol.